The highest BCUT2D eigenvalue weighted by atomic mass is 79.9. The van der Waals surface area contributed by atoms with Crippen LogP contribution in [0.3, 0.4) is 0 Å². The number of hydrogen-bond acceptors (Lipinski definition) is 4. The van der Waals surface area contributed by atoms with Crippen molar-refractivity contribution >= 4 is 21.8 Å². The monoisotopic (exact) mass is 288 g/mol. The summed E-state index contributed by atoms with van der Waals surface area (Å²) in [6.45, 7) is 2.08. The van der Waals surface area contributed by atoms with Crippen LogP contribution < -0.4 is 5.73 Å². The number of amides is 1. The first-order chi connectivity index (χ1) is 7.72. The van der Waals surface area contributed by atoms with Crippen LogP contribution in [0.4, 0.5) is 0 Å². The number of rotatable bonds is 2. The fraction of sp³-hybridized carbons (Fsp3) is 0.500. The summed E-state index contributed by atoms with van der Waals surface area (Å²) in [6.07, 6.45) is 1.42. The molecule has 2 rings (SSSR count). The van der Waals surface area contributed by atoms with Crippen LogP contribution in [-0.2, 0) is 4.74 Å². The van der Waals surface area contributed by atoms with Crippen LogP contribution in [0.25, 0.3) is 0 Å². The van der Waals surface area contributed by atoms with Gasteiger partial charge < -0.3 is 19.8 Å². The standard InChI is InChI=1S/C10H13BrN2O3/c11-9-8(1-3-16-9)10(14)13-2-4-15-7(5-12)6-13/h1,3,7H,2,4-6,12H2. The van der Waals surface area contributed by atoms with Gasteiger partial charge in [-0.25, -0.2) is 0 Å². The first-order valence-corrected chi connectivity index (χ1v) is 5.85. The maximum Gasteiger partial charge on any atom is 0.258 e. The first-order valence-electron chi connectivity index (χ1n) is 5.06. The van der Waals surface area contributed by atoms with Crippen molar-refractivity contribution in [3.05, 3.63) is 22.6 Å². The van der Waals surface area contributed by atoms with Crippen molar-refractivity contribution < 1.29 is 13.9 Å². The number of morpholine rings is 1. The molecular weight excluding hydrogens is 276 g/mol. The van der Waals surface area contributed by atoms with E-state index in [4.69, 9.17) is 14.9 Å². The van der Waals surface area contributed by atoms with Gasteiger partial charge in [0, 0.05) is 19.6 Å². The van der Waals surface area contributed by atoms with Crippen molar-refractivity contribution in [3.63, 3.8) is 0 Å². The second-order valence-electron chi connectivity index (χ2n) is 3.59. The molecule has 6 heteroatoms. The Morgan fingerprint density at radius 3 is 3.12 bits per heavy atom. The number of carbonyl (C=O) groups excluding carboxylic acids is 1. The SMILES string of the molecule is NCC1CN(C(=O)c2ccoc2Br)CCO1. The summed E-state index contributed by atoms with van der Waals surface area (Å²) >= 11 is 3.20. The van der Waals surface area contributed by atoms with E-state index in [2.05, 4.69) is 15.9 Å². The lowest BCUT2D eigenvalue weighted by Gasteiger charge is -2.32. The van der Waals surface area contributed by atoms with Gasteiger partial charge in [-0.15, -0.1) is 0 Å². The molecule has 0 saturated carbocycles. The lowest BCUT2D eigenvalue weighted by Crippen LogP contribution is -2.48. The van der Waals surface area contributed by atoms with Gasteiger partial charge in [0.15, 0.2) is 4.67 Å². The molecule has 16 heavy (non-hydrogen) atoms. The summed E-state index contributed by atoms with van der Waals surface area (Å²) < 4.78 is 10.9. The molecule has 1 aromatic heterocycles. The van der Waals surface area contributed by atoms with Crippen molar-refractivity contribution in [1.29, 1.82) is 0 Å². The molecule has 1 atom stereocenters. The minimum atomic E-state index is -0.0663. The number of furan rings is 1. The van der Waals surface area contributed by atoms with E-state index >= 15 is 0 Å². The smallest absolute Gasteiger partial charge is 0.258 e. The molecule has 0 radical (unpaired) electrons. The van der Waals surface area contributed by atoms with E-state index < -0.39 is 0 Å². The van der Waals surface area contributed by atoms with Crippen molar-refractivity contribution in [3.8, 4) is 0 Å². The molecule has 5 nitrogen and oxygen atoms in total. The zero-order chi connectivity index (χ0) is 11.5. The Kier molecular flexibility index (Phi) is 3.63. The molecule has 1 aliphatic heterocycles. The summed E-state index contributed by atoms with van der Waals surface area (Å²) in [5.41, 5.74) is 6.06. The molecule has 2 heterocycles. The summed E-state index contributed by atoms with van der Waals surface area (Å²) in [7, 11) is 0. The van der Waals surface area contributed by atoms with Crippen LogP contribution in [0.15, 0.2) is 21.4 Å². The third kappa shape index (κ3) is 2.28. The Hall–Kier alpha value is -0.850. The van der Waals surface area contributed by atoms with Gasteiger partial charge in [0.2, 0.25) is 0 Å². The zero-order valence-electron chi connectivity index (χ0n) is 8.69. The topological polar surface area (TPSA) is 68.7 Å². The zero-order valence-corrected chi connectivity index (χ0v) is 10.3. The first kappa shape index (κ1) is 11.6. The fourth-order valence-corrected chi connectivity index (χ4v) is 2.07. The third-order valence-corrected chi connectivity index (χ3v) is 3.15. The highest BCUT2D eigenvalue weighted by Gasteiger charge is 2.26. The summed E-state index contributed by atoms with van der Waals surface area (Å²) in [4.78, 5) is 13.8. The number of ether oxygens (including phenoxy) is 1. The molecule has 0 aromatic carbocycles. The molecule has 0 bridgehead atoms. The van der Waals surface area contributed by atoms with E-state index in [1.54, 1.807) is 11.0 Å². The Balaban J connectivity index is 2.07. The third-order valence-electron chi connectivity index (χ3n) is 2.54. The Morgan fingerprint density at radius 1 is 1.69 bits per heavy atom. The Morgan fingerprint density at radius 2 is 2.50 bits per heavy atom. The van der Waals surface area contributed by atoms with Crippen LogP contribution >= 0.6 is 15.9 Å². The minimum Gasteiger partial charge on any atom is -0.457 e. The predicted molar refractivity (Wildman–Crippen MR) is 61.1 cm³/mol. The second kappa shape index (κ2) is 4.99. The minimum absolute atomic E-state index is 0.0534. The van der Waals surface area contributed by atoms with Crippen LogP contribution in [-0.4, -0.2) is 43.2 Å². The highest BCUT2D eigenvalue weighted by Crippen LogP contribution is 2.20. The van der Waals surface area contributed by atoms with E-state index in [0.29, 0.717) is 36.5 Å². The quantitative estimate of drug-likeness (QED) is 0.876. The van der Waals surface area contributed by atoms with Gasteiger partial charge in [-0.05, 0) is 22.0 Å². The molecule has 2 N–H and O–H groups in total. The van der Waals surface area contributed by atoms with Crippen molar-refractivity contribution in [1.82, 2.24) is 4.90 Å². The van der Waals surface area contributed by atoms with Gasteiger partial charge in [-0.1, -0.05) is 0 Å². The average molecular weight is 289 g/mol. The number of halogens is 1. The van der Waals surface area contributed by atoms with Gasteiger partial charge in [-0.3, -0.25) is 4.79 Å². The predicted octanol–water partition coefficient (Wildman–Crippen LogP) is 0.842. The number of hydrogen-bond donors (Lipinski definition) is 1. The number of carbonyl (C=O) groups is 1. The maximum absolute atomic E-state index is 12.1. The lowest BCUT2D eigenvalue weighted by atomic mass is 10.2. The second-order valence-corrected chi connectivity index (χ2v) is 4.31. The van der Waals surface area contributed by atoms with E-state index in [1.165, 1.54) is 6.26 Å². The Labute approximate surface area is 102 Å². The van der Waals surface area contributed by atoms with Crippen LogP contribution in [0.1, 0.15) is 10.4 Å². The maximum atomic E-state index is 12.1. The highest BCUT2D eigenvalue weighted by molar-refractivity contribution is 9.10. The molecule has 1 aromatic rings. The van der Waals surface area contributed by atoms with Gasteiger partial charge in [0.25, 0.3) is 5.91 Å². The van der Waals surface area contributed by atoms with E-state index in [1.807, 2.05) is 0 Å². The molecular formula is C10H13BrN2O3. The molecule has 1 unspecified atom stereocenters. The molecule has 1 aliphatic rings. The van der Waals surface area contributed by atoms with Crippen LogP contribution in [0.5, 0.6) is 0 Å². The van der Waals surface area contributed by atoms with Gasteiger partial charge in [0.1, 0.15) is 0 Å². The van der Waals surface area contributed by atoms with Crippen LogP contribution in [0, 0.1) is 0 Å². The fourth-order valence-electron chi connectivity index (χ4n) is 1.66. The van der Waals surface area contributed by atoms with Gasteiger partial charge in [0.05, 0.1) is 24.5 Å². The lowest BCUT2D eigenvalue weighted by molar-refractivity contribution is -0.0168. The summed E-state index contributed by atoms with van der Waals surface area (Å²) in [5.74, 6) is -0.0534. The van der Waals surface area contributed by atoms with Gasteiger partial charge >= 0.3 is 0 Å². The van der Waals surface area contributed by atoms with Crippen molar-refractivity contribution in [2.24, 2.45) is 5.73 Å². The van der Waals surface area contributed by atoms with E-state index in [-0.39, 0.29) is 12.0 Å². The summed E-state index contributed by atoms with van der Waals surface area (Å²) in [6, 6.07) is 1.65. The molecule has 1 saturated heterocycles. The van der Waals surface area contributed by atoms with Crippen molar-refractivity contribution in [2.45, 2.75) is 6.10 Å². The normalized spacial score (nSPS) is 21.1. The Bertz CT molecular complexity index is 380. The number of nitrogens with two attached hydrogens (primary N) is 1. The van der Waals surface area contributed by atoms with E-state index in [0.717, 1.165) is 0 Å². The van der Waals surface area contributed by atoms with E-state index in [9.17, 15) is 4.79 Å². The molecule has 0 aliphatic carbocycles. The van der Waals surface area contributed by atoms with Crippen molar-refractivity contribution in [2.75, 3.05) is 26.2 Å². The van der Waals surface area contributed by atoms with Gasteiger partial charge in [-0.2, -0.15) is 0 Å². The molecule has 0 spiro atoms. The number of nitrogens with zero attached hydrogens (tertiary/aromatic N) is 1. The van der Waals surface area contributed by atoms with Crippen LogP contribution in [0.2, 0.25) is 0 Å². The largest absolute Gasteiger partial charge is 0.457 e. The average Bonchev–Trinajstić information content (AvgIpc) is 2.74. The molecule has 88 valence electrons. The summed E-state index contributed by atoms with van der Waals surface area (Å²) in [5, 5.41) is 0. The molecule has 1 fully saturated rings. The molecule has 1 amide bonds.